The monoisotopic (exact) mass is 505 g/mol. The summed E-state index contributed by atoms with van der Waals surface area (Å²) in [5.41, 5.74) is 2.80. The molecular weight excluding hydrogens is 474 g/mol. The molecule has 3 aliphatic heterocycles. The second-order valence-electron chi connectivity index (χ2n) is 9.68. The van der Waals surface area contributed by atoms with Gasteiger partial charge in [0.25, 0.3) is 5.69 Å². The maximum Gasteiger partial charge on any atom is 0.269 e. The van der Waals surface area contributed by atoms with Crippen molar-refractivity contribution in [1.82, 2.24) is 15.2 Å². The summed E-state index contributed by atoms with van der Waals surface area (Å²) < 4.78 is 5.52. The van der Waals surface area contributed by atoms with Crippen LogP contribution in [0.2, 0.25) is 0 Å². The number of rotatable bonds is 7. The Bertz CT molecular complexity index is 1270. The third-order valence-corrected chi connectivity index (χ3v) is 8.01. The first-order valence-electron chi connectivity index (χ1n) is 12.5. The summed E-state index contributed by atoms with van der Waals surface area (Å²) in [6.07, 6.45) is 5.43. The van der Waals surface area contributed by atoms with E-state index in [-0.39, 0.29) is 11.7 Å². The minimum atomic E-state index is -0.407. The number of nitrogens with zero attached hydrogens (tertiary/aromatic N) is 3. The van der Waals surface area contributed by atoms with Crippen molar-refractivity contribution in [3.63, 3.8) is 0 Å². The van der Waals surface area contributed by atoms with Gasteiger partial charge in [-0.1, -0.05) is 13.3 Å². The number of ether oxygens (including phenoxy) is 1. The van der Waals surface area contributed by atoms with Crippen LogP contribution in [-0.2, 0) is 0 Å². The zero-order valence-electron chi connectivity index (χ0n) is 20.5. The van der Waals surface area contributed by atoms with E-state index in [1.807, 2.05) is 24.4 Å². The number of nitro benzene ring substituents is 1. The number of pyridine rings is 1. The maximum atomic E-state index is 11.0. The fourth-order valence-electron chi connectivity index (χ4n) is 5.89. The largest absolute Gasteiger partial charge is 0.497 e. The van der Waals surface area contributed by atoms with Gasteiger partial charge in [-0.05, 0) is 85.4 Å². The van der Waals surface area contributed by atoms with Gasteiger partial charge in [-0.25, -0.2) is 0 Å². The molecule has 0 saturated carbocycles. The van der Waals surface area contributed by atoms with Crippen LogP contribution in [0.3, 0.4) is 0 Å². The van der Waals surface area contributed by atoms with Crippen molar-refractivity contribution in [3.8, 4) is 5.75 Å². The molecule has 2 aromatic carbocycles. The number of piperidine rings is 3. The molecule has 1 aromatic heterocycles. The Morgan fingerprint density at radius 3 is 2.75 bits per heavy atom. The highest BCUT2D eigenvalue weighted by Crippen LogP contribution is 2.43. The van der Waals surface area contributed by atoms with E-state index in [4.69, 9.17) is 17.0 Å². The number of non-ortho nitro benzene ring substituents is 1. The molecule has 2 N–H and O–H groups in total. The first-order valence-corrected chi connectivity index (χ1v) is 12.9. The van der Waals surface area contributed by atoms with E-state index in [0.717, 1.165) is 47.6 Å². The van der Waals surface area contributed by atoms with Crippen LogP contribution in [0.4, 0.5) is 11.4 Å². The predicted molar refractivity (Wildman–Crippen MR) is 145 cm³/mol. The van der Waals surface area contributed by atoms with Gasteiger partial charge in [-0.15, -0.1) is 0 Å². The smallest absolute Gasteiger partial charge is 0.269 e. The number of hydrogen-bond acceptors (Lipinski definition) is 6. The lowest BCUT2D eigenvalue weighted by atomic mass is 9.72. The Hall–Kier alpha value is -3.30. The minimum Gasteiger partial charge on any atom is -0.497 e. The van der Waals surface area contributed by atoms with Crippen LogP contribution in [0.5, 0.6) is 5.75 Å². The maximum absolute atomic E-state index is 11.0. The predicted octanol–water partition coefficient (Wildman–Crippen LogP) is 5.30. The fraction of sp³-hybridized carbons (Fsp3) is 0.407. The molecule has 4 heterocycles. The summed E-state index contributed by atoms with van der Waals surface area (Å²) in [4.78, 5) is 17.8. The molecule has 3 aliphatic rings. The van der Waals surface area contributed by atoms with E-state index >= 15 is 0 Å². The van der Waals surface area contributed by atoms with Gasteiger partial charge in [-0.2, -0.15) is 0 Å². The molecule has 36 heavy (non-hydrogen) atoms. The average molecular weight is 506 g/mol. The summed E-state index contributed by atoms with van der Waals surface area (Å²) in [5, 5.41) is 19.4. The summed E-state index contributed by atoms with van der Waals surface area (Å²) in [6, 6.07) is 14.6. The molecule has 188 valence electrons. The first kappa shape index (κ1) is 24.4. The van der Waals surface area contributed by atoms with Gasteiger partial charge in [0.15, 0.2) is 5.11 Å². The van der Waals surface area contributed by atoms with Gasteiger partial charge < -0.3 is 15.4 Å². The number of benzene rings is 2. The zero-order valence-corrected chi connectivity index (χ0v) is 21.3. The van der Waals surface area contributed by atoms with Crippen molar-refractivity contribution < 1.29 is 9.66 Å². The van der Waals surface area contributed by atoms with E-state index in [1.165, 1.54) is 25.0 Å². The molecule has 0 amide bonds. The molecule has 5 atom stereocenters. The molecule has 0 radical (unpaired) electrons. The number of methoxy groups -OCH3 is 1. The van der Waals surface area contributed by atoms with E-state index in [1.54, 1.807) is 19.2 Å². The highest BCUT2D eigenvalue weighted by Gasteiger charge is 2.43. The molecule has 3 saturated heterocycles. The molecule has 3 fully saturated rings. The number of nitro groups is 1. The Kier molecular flexibility index (Phi) is 7.02. The first-order chi connectivity index (χ1) is 17.5. The van der Waals surface area contributed by atoms with Crippen LogP contribution in [-0.4, -0.2) is 46.2 Å². The average Bonchev–Trinajstić information content (AvgIpc) is 2.91. The van der Waals surface area contributed by atoms with Crippen molar-refractivity contribution in [2.75, 3.05) is 25.5 Å². The summed E-state index contributed by atoms with van der Waals surface area (Å²) >= 11 is 5.75. The molecule has 3 aromatic rings. The summed E-state index contributed by atoms with van der Waals surface area (Å²) in [7, 11) is 1.67. The zero-order chi connectivity index (χ0) is 25.2. The van der Waals surface area contributed by atoms with E-state index in [9.17, 15) is 10.1 Å². The Morgan fingerprint density at radius 2 is 2.08 bits per heavy atom. The van der Waals surface area contributed by atoms with E-state index < -0.39 is 4.92 Å². The molecule has 0 aliphatic carbocycles. The second kappa shape index (κ2) is 10.4. The Balaban J connectivity index is 1.47. The fourth-order valence-corrected chi connectivity index (χ4v) is 6.13. The highest BCUT2D eigenvalue weighted by atomic mass is 32.1. The van der Waals surface area contributed by atoms with Crippen molar-refractivity contribution in [3.05, 3.63) is 70.4 Å². The Labute approximate surface area is 216 Å². The van der Waals surface area contributed by atoms with E-state index in [0.29, 0.717) is 22.8 Å². The molecule has 0 spiro atoms. The number of hydrogen-bond donors (Lipinski definition) is 2. The molecule has 9 heteroatoms. The standard InChI is InChI=1S/C27H31N5O3S/c1-3-17-16-31-13-11-18(17)14-25(31)26(22-10-12-28-24-9-8-21(35-2)15-23(22)24)30-27(36)29-19-4-6-20(7-5-19)32(33)34/h4-10,12,15,17-18,25-26H,3,11,13-14,16H2,1-2H3,(H2,29,30,36)/t17-,18-,25-,26-/m0/s1. The highest BCUT2D eigenvalue weighted by molar-refractivity contribution is 7.80. The number of aromatic nitrogens is 1. The van der Waals surface area contributed by atoms with Crippen molar-refractivity contribution in [1.29, 1.82) is 0 Å². The molecule has 1 unspecified atom stereocenters. The van der Waals surface area contributed by atoms with Gasteiger partial charge in [0.1, 0.15) is 5.75 Å². The van der Waals surface area contributed by atoms with Crippen molar-refractivity contribution in [2.45, 2.75) is 38.3 Å². The number of nitrogens with one attached hydrogen (secondary N) is 2. The minimum absolute atomic E-state index is 0.0472. The molecule has 8 nitrogen and oxygen atoms in total. The second-order valence-corrected chi connectivity index (χ2v) is 10.1. The number of anilines is 1. The van der Waals surface area contributed by atoms with Crippen LogP contribution >= 0.6 is 12.2 Å². The van der Waals surface area contributed by atoms with E-state index in [2.05, 4.69) is 33.5 Å². The van der Waals surface area contributed by atoms with Gasteiger partial charge in [0, 0.05) is 42.0 Å². The third kappa shape index (κ3) is 4.85. The molecular formula is C27H31N5O3S. The normalized spacial score (nSPS) is 23.7. The lowest BCUT2D eigenvalue weighted by Crippen LogP contribution is -2.58. The summed E-state index contributed by atoms with van der Waals surface area (Å²) in [6.45, 7) is 4.50. The van der Waals surface area contributed by atoms with Gasteiger partial charge in [0.2, 0.25) is 0 Å². The van der Waals surface area contributed by atoms with Crippen molar-refractivity contribution in [2.24, 2.45) is 11.8 Å². The van der Waals surface area contributed by atoms with Crippen LogP contribution in [0, 0.1) is 22.0 Å². The van der Waals surface area contributed by atoms with Gasteiger partial charge in [-0.3, -0.25) is 20.0 Å². The van der Waals surface area contributed by atoms with Crippen LogP contribution in [0.25, 0.3) is 10.9 Å². The Morgan fingerprint density at radius 1 is 1.28 bits per heavy atom. The van der Waals surface area contributed by atoms with Crippen molar-refractivity contribution >= 4 is 39.6 Å². The topological polar surface area (TPSA) is 92.6 Å². The lowest BCUT2D eigenvalue weighted by molar-refractivity contribution is -0.384. The van der Waals surface area contributed by atoms with Crippen LogP contribution in [0.1, 0.15) is 37.8 Å². The molecule has 2 bridgehead atoms. The number of thiocarbonyl (C=S) groups is 1. The van der Waals surface area contributed by atoms with Crippen LogP contribution < -0.4 is 15.4 Å². The SMILES string of the molecule is CC[C@H]1CN2CC[C@H]1C[C@H]2[C@@H](NC(=S)Nc1ccc([N+](=O)[O-])cc1)c1ccnc2ccc(OC)cc12. The lowest BCUT2D eigenvalue weighted by Gasteiger charge is -2.52. The quantitative estimate of drug-likeness (QED) is 0.254. The third-order valence-electron chi connectivity index (χ3n) is 7.79. The number of fused-ring (bicyclic) bond motifs is 4. The summed E-state index contributed by atoms with van der Waals surface area (Å²) in [5.74, 6) is 2.25. The molecule has 6 rings (SSSR count). The van der Waals surface area contributed by atoms with Gasteiger partial charge in [0.05, 0.1) is 23.6 Å². The van der Waals surface area contributed by atoms with Crippen LogP contribution in [0.15, 0.2) is 54.7 Å². The van der Waals surface area contributed by atoms with Gasteiger partial charge >= 0.3 is 0 Å².